The average molecular weight is 297 g/mol. The van der Waals surface area contributed by atoms with Crippen LogP contribution in [0.15, 0.2) is 18.2 Å². The second kappa shape index (κ2) is 6.33. The third-order valence-corrected chi connectivity index (χ3v) is 4.04. The van der Waals surface area contributed by atoms with Gasteiger partial charge in [0.15, 0.2) is 0 Å². The maximum absolute atomic E-state index is 10.2. The van der Waals surface area contributed by atoms with Crippen LogP contribution in [0, 0.1) is 0 Å². The molecule has 1 aromatic carbocycles. The first-order valence-electron chi connectivity index (χ1n) is 7.36. The van der Waals surface area contributed by atoms with Crippen molar-refractivity contribution in [3.8, 4) is 0 Å². The molecule has 0 aromatic heterocycles. The predicted octanol–water partition coefficient (Wildman–Crippen LogP) is 3.19. The number of piperidine rings is 1. The summed E-state index contributed by atoms with van der Waals surface area (Å²) in [6.07, 6.45) is 1.86. The van der Waals surface area contributed by atoms with Gasteiger partial charge in [0.2, 0.25) is 0 Å². The Morgan fingerprint density at radius 1 is 1.45 bits per heavy atom. The molecule has 112 valence electrons. The van der Waals surface area contributed by atoms with Crippen LogP contribution in [0.5, 0.6) is 0 Å². The summed E-state index contributed by atoms with van der Waals surface area (Å²) >= 11 is 6.42. The maximum Gasteiger partial charge on any atom is 0.0794 e. The fourth-order valence-electron chi connectivity index (χ4n) is 2.66. The minimum Gasteiger partial charge on any atom is -0.388 e. The van der Waals surface area contributed by atoms with E-state index in [9.17, 15) is 5.11 Å². The summed E-state index contributed by atoms with van der Waals surface area (Å²) in [6, 6.07) is 6.67. The summed E-state index contributed by atoms with van der Waals surface area (Å²) in [5.41, 5.74) is 1.61. The summed E-state index contributed by atoms with van der Waals surface area (Å²) in [5, 5.41) is 14.4. The Bertz CT molecular complexity index is 460. The van der Waals surface area contributed by atoms with Gasteiger partial charge in [0.1, 0.15) is 0 Å². The lowest BCUT2D eigenvalue weighted by molar-refractivity contribution is 0.0449. The van der Waals surface area contributed by atoms with Gasteiger partial charge in [0.05, 0.1) is 16.3 Å². The van der Waals surface area contributed by atoms with Gasteiger partial charge in [-0.2, -0.15) is 0 Å². The third kappa shape index (κ3) is 4.11. The van der Waals surface area contributed by atoms with E-state index in [2.05, 4.69) is 36.2 Å². The molecule has 2 N–H and O–H groups in total. The number of halogens is 1. The number of β-amino-alcohol motifs (C(OH)–C–C–N with tert-alkyl or cyclic N) is 1. The van der Waals surface area contributed by atoms with Gasteiger partial charge < -0.3 is 15.3 Å². The largest absolute Gasteiger partial charge is 0.388 e. The molecular weight excluding hydrogens is 272 g/mol. The number of nitrogens with one attached hydrogen (secondary N) is 1. The predicted molar refractivity (Wildman–Crippen MR) is 85.5 cm³/mol. The molecule has 0 aliphatic carbocycles. The molecular formula is C16H25ClN2O. The van der Waals surface area contributed by atoms with Crippen LogP contribution >= 0.6 is 11.6 Å². The Labute approximate surface area is 126 Å². The van der Waals surface area contributed by atoms with Gasteiger partial charge in [0, 0.05) is 25.7 Å². The highest BCUT2D eigenvalue weighted by Gasteiger charge is 2.29. The molecule has 20 heavy (non-hydrogen) atoms. The van der Waals surface area contributed by atoms with Crippen LogP contribution in [0.2, 0.25) is 5.02 Å². The molecule has 1 fully saturated rings. The van der Waals surface area contributed by atoms with E-state index in [1.54, 1.807) is 0 Å². The Kier molecular flexibility index (Phi) is 4.95. The van der Waals surface area contributed by atoms with Crippen molar-refractivity contribution in [3.63, 3.8) is 0 Å². The zero-order valence-electron chi connectivity index (χ0n) is 12.6. The fraction of sp³-hybridized carbons (Fsp3) is 0.625. The summed E-state index contributed by atoms with van der Waals surface area (Å²) in [6.45, 7) is 8.59. The zero-order chi connectivity index (χ0) is 14.8. The van der Waals surface area contributed by atoms with Crippen LogP contribution in [-0.2, 0) is 6.54 Å². The van der Waals surface area contributed by atoms with Crippen LogP contribution in [0.25, 0.3) is 0 Å². The van der Waals surface area contributed by atoms with Gasteiger partial charge in [0.25, 0.3) is 0 Å². The number of anilines is 1. The lowest BCUT2D eigenvalue weighted by Crippen LogP contribution is -2.46. The summed E-state index contributed by atoms with van der Waals surface area (Å²) in [5.74, 6) is 0. The van der Waals surface area contributed by atoms with Crippen LogP contribution in [0.3, 0.4) is 0 Å². The molecule has 1 atom stereocenters. The first kappa shape index (κ1) is 15.6. The monoisotopic (exact) mass is 296 g/mol. The van der Waals surface area contributed by atoms with Crippen molar-refractivity contribution in [1.29, 1.82) is 0 Å². The average Bonchev–Trinajstić information content (AvgIpc) is 2.35. The minimum atomic E-state index is -0.612. The van der Waals surface area contributed by atoms with Crippen LogP contribution in [-0.4, -0.2) is 29.8 Å². The quantitative estimate of drug-likeness (QED) is 0.896. The standard InChI is InChI=1S/C16H25ClN2O/c1-12(2)18-10-13-5-6-15(14(17)9-13)19-8-4-7-16(3,20)11-19/h5-6,9,12,18,20H,4,7-8,10-11H2,1-3H3. The Morgan fingerprint density at radius 2 is 2.20 bits per heavy atom. The van der Waals surface area contributed by atoms with Crippen molar-refractivity contribution in [1.82, 2.24) is 5.32 Å². The minimum absolute atomic E-state index is 0.464. The van der Waals surface area contributed by atoms with E-state index in [0.29, 0.717) is 12.6 Å². The molecule has 0 saturated carbocycles. The van der Waals surface area contributed by atoms with E-state index in [1.807, 2.05) is 13.0 Å². The highest BCUT2D eigenvalue weighted by atomic mass is 35.5. The molecule has 3 nitrogen and oxygen atoms in total. The van der Waals surface area contributed by atoms with E-state index in [1.165, 1.54) is 5.56 Å². The third-order valence-electron chi connectivity index (χ3n) is 3.74. The highest BCUT2D eigenvalue weighted by molar-refractivity contribution is 6.33. The molecule has 0 spiro atoms. The number of aliphatic hydroxyl groups is 1. The van der Waals surface area contributed by atoms with Gasteiger partial charge in [-0.05, 0) is 37.5 Å². The van der Waals surface area contributed by atoms with Crippen molar-refractivity contribution in [2.24, 2.45) is 0 Å². The molecule has 0 amide bonds. The SMILES string of the molecule is CC(C)NCc1ccc(N2CCCC(C)(O)C2)c(Cl)c1. The van der Waals surface area contributed by atoms with E-state index in [-0.39, 0.29) is 0 Å². The van der Waals surface area contributed by atoms with Crippen LogP contribution in [0.4, 0.5) is 5.69 Å². The van der Waals surface area contributed by atoms with Gasteiger partial charge in [-0.1, -0.05) is 31.5 Å². The molecule has 0 radical (unpaired) electrons. The highest BCUT2D eigenvalue weighted by Crippen LogP contribution is 2.31. The second-order valence-corrected chi connectivity index (χ2v) is 6.75. The molecule has 4 heteroatoms. The van der Waals surface area contributed by atoms with Crippen molar-refractivity contribution in [2.45, 2.75) is 51.8 Å². The smallest absolute Gasteiger partial charge is 0.0794 e. The number of hydrogen-bond donors (Lipinski definition) is 2. The first-order valence-corrected chi connectivity index (χ1v) is 7.74. The van der Waals surface area contributed by atoms with Crippen molar-refractivity contribution < 1.29 is 5.11 Å². The molecule has 1 unspecified atom stereocenters. The number of benzene rings is 1. The van der Waals surface area contributed by atoms with Gasteiger partial charge in [-0.25, -0.2) is 0 Å². The lowest BCUT2D eigenvalue weighted by atomic mass is 9.94. The molecule has 1 aliphatic heterocycles. The topological polar surface area (TPSA) is 35.5 Å². The Hall–Kier alpha value is -0.770. The maximum atomic E-state index is 10.2. The van der Waals surface area contributed by atoms with Crippen molar-refractivity contribution >= 4 is 17.3 Å². The number of nitrogens with zero attached hydrogens (tertiary/aromatic N) is 1. The van der Waals surface area contributed by atoms with Crippen molar-refractivity contribution in [2.75, 3.05) is 18.0 Å². The summed E-state index contributed by atoms with van der Waals surface area (Å²) < 4.78 is 0. The molecule has 0 bridgehead atoms. The number of hydrogen-bond acceptors (Lipinski definition) is 3. The molecule has 1 heterocycles. The van der Waals surface area contributed by atoms with Gasteiger partial charge in [-0.15, -0.1) is 0 Å². The molecule has 1 saturated heterocycles. The van der Waals surface area contributed by atoms with Gasteiger partial charge >= 0.3 is 0 Å². The van der Waals surface area contributed by atoms with E-state index < -0.39 is 5.60 Å². The second-order valence-electron chi connectivity index (χ2n) is 6.34. The van der Waals surface area contributed by atoms with E-state index in [0.717, 1.165) is 36.6 Å². The summed E-state index contributed by atoms with van der Waals surface area (Å²) in [7, 11) is 0. The Morgan fingerprint density at radius 3 is 2.80 bits per heavy atom. The molecule has 1 aromatic rings. The van der Waals surface area contributed by atoms with E-state index in [4.69, 9.17) is 11.6 Å². The van der Waals surface area contributed by atoms with E-state index >= 15 is 0 Å². The van der Waals surface area contributed by atoms with Gasteiger partial charge in [-0.3, -0.25) is 0 Å². The zero-order valence-corrected chi connectivity index (χ0v) is 13.4. The van der Waals surface area contributed by atoms with Crippen molar-refractivity contribution in [3.05, 3.63) is 28.8 Å². The van der Waals surface area contributed by atoms with Crippen LogP contribution in [0.1, 0.15) is 39.2 Å². The Balaban J connectivity index is 2.09. The fourth-order valence-corrected chi connectivity index (χ4v) is 2.99. The molecule has 1 aliphatic rings. The lowest BCUT2D eigenvalue weighted by Gasteiger charge is -2.38. The molecule has 2 rings (SSSR count). The number of rotatable bonds is 4. The first-order chi connectivity index (χ1) is 9.37. The summed E-state index contributed by atoms with van der Waals surface area (Å²) in [4.78, 5) is 2.19. The normalized spacial score (nSPS) is 23.4. The van der Waals surface area contributed by atoms with Crippen LogP contribution < -0.4 is 10.2 Å².